The number of carbonyl (C=O) groups excluding carboxylic acids is 1. The van der Waals surface area contributed by atoms with Gasteiger partial charge in [0, 0.05) is 0 Å². The zero-order valence-corrected chi connectivity index (χ0v) is 15.4. The molecule has 0 aromatic heterocycles. The molecule has 3 aliphatic carbocycles. The second kappa shape index (κ2) is 6.19. The number of hydrogen-bond acceptors (Lipinski definition) is 2. The molecule has 0 bridgehead atoms. The molecule has 4 rings (SSSR count). The van der Waals surface area contributed by atoms with E-state index >= 15 is 0 Å². The van der Waals surface area contributed by atoms with Gasteiger partial charge in [0.15, 0.2) is 0 Å². The average Bonchev–Trinajstić information content (AvgIpc) is 2.91. The minimum Gasteiger partial charge on any atom is -0.492 e. The van der Waals surface area contributed by atoms with Gasteiger partial charge in [-0.05, 0) is 91.9 Å². The first-order valence-electron chi connectivity index (χ1n) is 9.76. The number of carbonyl (C=O) groups is 1. The Labute approximate surface area is 150 Å². The van der Waals surface area contributed by atoms with Crippen molar-refractivity contribution >= 4 is 12.1 Å². The summed E-state index contributed by atoms with van der Waals surface area (Å²) in [5.74, 6) is 3.01. The van der Waals surface area contributed by atoms with E-state index in [1.54, 1.807) is 0 Å². The van der Waals surface area contributed by atoms with Crippen LogP contribution in [0, 0.1) is 17.3 Å². The van der Waals surface area contributed by atoms with E-state index in [9.17, 15) is 4.79 Å². The van der Waals surface area contributed by atoms with Crippen molar-refractivity contribution in [1.29, 1.82) is 0 Å². The molecule has 0 spiro atoms. The van der Waals surface area contributed by atoms with Crippen molar-refractivity contribution in [3.63, 3.8) is 0 Å². The lowest BCUT2D eigenvalue weighted by Crippen LogP contribution is -2.40. The Morgan fingerprint density at radius 3 is 2.92 bits per heavy atom. The molecule has 1 aromatic carbocycles. The Balaban J connectivity index is 1.71. The second-order valence-corrected chi connectivity index (χ2v) is 8.26. The van der Waals surface area contributed by atoms with Gasteiger partial charge < -0.3 is 10.1 Å². The number of rotatable bonds is 4. The summed E-state index contributed by atoms with van der Waals surface area (Å²) in [4.78, 5) is 10.9. The lowest BCUT2D eigenvalue weighted by Gasteiger charge is -2.49. The molecule has 0 aliphatic heterocycles. The molecule has 2 saturated carbocycles. The van der Waals surface area contributed by atoms with Gasteiger partial charge in [-0.15, -0.1) is 0 Å². The van der Waals surface area contributed by atoms with Crippen LogP contribution in [0.3, 0.4) is 0 Å². The zero-order valence-electron chi connectivity index (χ0n) is 15.4. The van der Waals surface area contributed by atoms with Gasteiger partial charge in [0.25, 0.3) is 0 Å². The van der Waals surface area contributed by atoms with Crippen LogP contribution in [0.5, 0.6) is 5.75 Å². The Morgan fingerprint density at radius 2 is 2.16 bits per heavy atom. The SMILES string of the molecule is C=C1CCC2C3CCc4cc(NC=O)c(OCC)cc4C3CCC12C. The molecule has 0 saturated heterocycles. The smallest absolute Gasteiger partial charge is 0.211 e. The van der Waals surface area contributed by atoms with E-state index in [-0.39, 0.29) is 0 Å². The fourth-order valence-electron chi connectivity index (χ4n) is 5.96. The molecular weight excluding hydrogens is 310 g/mol. The van der Waals surface area contributed by atoms with Crippen LogP contribution in [0.2, 0.25) is 0 Å². The van der Waals surface area contributed by atoms with E-state index in [0.29, 0.717) is 17.9 Å². The average molecular weight is 339 g/mol. The summed E-state index contributed by atoms with van der Waals surface area (Å²) in [5.41, 5.74) is 5.52. The molecule has 0 heterocycles. The van der Waals surface area contributed by atoms with Gasteiger partial charge in [-0.25, -0.2) is 0 Å². The van der Waals surface area contributed by atoms with E-state index in [1.165, 1.54) is 48.8 Å². The van der Waals surface area contributed by atoms with Gasteiger partial charge in [-0.1, -0.05) is 19.1 Å². The van der Waals surface area contributed by atoms with Crippen LogP contribution >= 0.6 is 0 Å². The molecule has 4 unspecified atom stereocenters. The molecule has 3 aliphatic rings. The number of benzene rings is 1. The fraction of sp³-hybridized carbons (Fsp3) is 0.591. The minimum absolute atomic E-state index is 0.362. The van der Waals surface area contributed by atoms with Gasteiger partial charge >= 0.3 is 0 Å². The van der Waals surface area contributed by atoms with Crippen molar-refractivity contribution in [2.45, 2.75) is 58.3 Å². The highest BCUT2D eigenvalue weighted by Gasteiger charge is 2.51. The third-order valence-corrected chi connectivity index (χ3v) is 7.29. The Hall–Kier alpha value is -1.77. The quantitative estimate of drug-likeness (QED) is 0.614. The third kappa shape index (κ3) is 2.51. The van der Waals surface area contributed by atoms with Crippen molar-refractivity contribution < 1.29 is 9.53 Å². The topological polar surface area (TPSA) is 38.3 Å². The van der Waals surface area contributed by atoms with Crippen LogP contribution in [0.25, 0.3) is 0 Å². The maximum absolute atomic E-state index is 10.9. The predicted molar refractivity (Wildman–Crippen MR) is 101 cm³/mol. The molecule has 25 heavy (non-hydrogen) atoms. The molecule has 1 amide bonds. The lowest BCUT2D eigenvalue weighted by atomic mass is 9.55. The van der Waals surface area contributed by atoms with Crippen LogP contribution in [0.4, 0.5) is 5.69 Å². The third-order valence-electron chi connectivity index (χ3n) is 7.29. The highest BCUT2D eigenvalue weighted by Crippen LogP contribution is 2.62. The van der Waals surface area contributed by atoms with Gasteiger partial charge in [0.1, 0.15) is 5.75 Å². The number of ether oxygens (including phenoxy) is 1. The second-order valence-electron chi connectivity index (χ2n) is 8.26. The first-order chi connectivity index (χ1) is 12.1. The van der Waals surface area contributed by atoms with Crippen LogP contribution < -0.4 is 10.1 Å². The van der Waals surface area contributed by atoms with Gasteiger partial charge in [-0.3, -0.25) is 4.79 Å². The predicted octanol–water partition coefficient (Wildman–Crippen LogP) is 5.07. The molecule has 0 radical (unpaired) electrons. The minimum atomic E-state index is 0.362. The summed E-state index contributed by atoms with van der Waals surface area (Å²) in [6.45, 7) is 9.46. The van der Waals surface area contributed by atoms with Crippen molar-refractivity contribution in [1.82, 2.24) is 0 Å². The summed E-state index contributed by atoms with van der Waals surface area (Å²) in [7, 11) is 0. The first-order valence-corrected chi connectivity index (χ1v) is 9.76. The highest BCUT2D eigenvalue weighted by molar-refractivity contribution is 5.76. The number of hydrogen-bond donors (Lipinski definition) is 1. The molecule has 1 aromatic rings. The maximum Gasteiger partial charge on any atom is 0.211 e. The van der Waals surface area contributed by atoms with Crippen LogP contribution in [-0.4, -0.2) is 13.0 Å². The monoisotopic (exact) mass is 339 g/mol. The lowest BCUT2D eigenvalue weighted by molar-refractivity contribution is -0.105. The van der Waals surface area contributed by atoms with E-state index in [2.05, 4.69) is 31.0 Å². The molecule has 1 N–H and O–H groups in total. The van der Waals surface area contributed by atoms with Gasteiger partial charge in [0.05, 0.1) is 12.3 Å². The number of fused-ring (bicyclic) bond motifs is 5. The molecule has 3 nitrogen and oxygen atoms in total. The Kier molecular flexibility index (Phi) is 4.13. The van der Waals surface area contributed by atoms with Crippen LogP contribution in [0.15, 0.2) is 24.3 Å². The number of anilines is 1. The number of allylic oxidation sites excluding steroid dienone is 1. The van der Waals surface area contributed by atoms with Crippen LogP contribution in [-0.2, 0) is 11.2 Å². The van der Waals surface area contributed by atoms with Crippen LogP contribution in [0.1, 0.15) is 63.0 Å². The molecule has 4 atom stereocenters. The summed E-state index contributed by atoms with van der Waals surface area (Å²) in [5, 5.41) is 2.81. The summed E-state index contributed by atoms with van der Waals surface area (Å²) < 4.78 is 5.82. The number of aryl methyl sites for hydroxylation is 1. The maximum atomic E-state index is 10.9. The van der Waals surface area contributed by atoms with E-state index in [0.717, 1.165) is 36.1 Å². The van der Waals surface area contributed by atoms with Crippen molar-refractivity contribution in [2.24, 2.45) is 17.3 Å². The van der Waals surface area contributed by atoms with Crippen molar-refractivity contribution in [2.75, 3.05) is 11.9 Å². The largest absolute Gasteiger partial charge is 0.492 e. The zero-order chi connectivity index (χ0) is 17.6. The molecule has 2 fully saturated rings. The Morgan fingerprint density at radius 1 is 1.32 bits per heavy atom. The van der Waals surface area contributed by atoms with Crippen molar-refractivity contribution in [3.05, 3.63) is 35.4 Å². The summed E-state index contributed by atoms with van der Waals surface area (Å²) in [6, 6.07) is 4.36. The molecule has 134 valence electrons. The molecule has 3 heteroatoms. The first kappa shape index (κ1) is 16.7. The number of amides is 1. The number of nitrogens with one attached hydrogen (secondary N) is 1. The highest BCUT2D eigenvalue weighted by atomic mass is 16.5. The summed E-state index contributed by atoms with van der Waals surface area (Å²) in [6.07, 6.45) is 8.14. The van der Waals surface area contributed by atoms with E-state index in [4.69, 9.17) is 4.74 Å². The standard InChI is InChI=1S/C22H29NO2/c1-4-25-21-12-18-15(11-20(21)23-13-24)6-7-17-16(18)9-10-22(3)14(2)5-8-19(17)22/h11-13,16-17,19H,2,4-10H2,1,3H3,(H,23,24). The van der Waals surface area contributed by atoms with E-state index in [1.807, 2.05) is 6.92 Å². The summed E-state index contributed by atoms with van der Waals surface area (Å²) >= 11 is 0. The van der Waals surface area contributed by atoms with Gasteiger partial charge in [0.2, 0.25) is 6.41 Å². The Bertz CT molecular complexity index is 710. The van der Waals surface area contributed by atoms with Gasteiger partial charge in [-0.2, -0.15) is 0 Å². The van der Waals surface area contributed by atoms with E-state index < -0.39 is 0 Å². The van der Waals surface area contributed by atoms with Crippen molar-refractivity contribution in [3.8, 4) is 5.75 Å². The fourth-order valence-corrected chi connectivity index (χ4v) is 5.96. The molecular formula is C22H29NO2. The normalized spacial score (nSPS) is 33.2.